The summed E-state index contributed by atoms with van der Waals surface area (Å²) in [4.78, 5) is 0. The lowest BCUT2D eigenvalue weighted by Crippen LogP contribution is -2.30. The quantitative estimate of drug-likeness (QED) is 0.547. The third-order valence-corrected chi connectivity index (χ3v) is 6.07. The van der Waals surface area contributed by atoms with Gasteiger partial charge in [-0.1, -0.05) is 51.7 Å². The molecule has 0 aliphatic heterocycles. The normalized spacial score (nSPS) is 37.5. The molecular weight excluding hydrogens is 254 g/mol. The lowest BCUT2D eigenvalue weighted by Gasteiger charge is -2.39. The summed E-state index contributed by atoms with van der Waals surface area (Å²) in [6.07, 6.45) is 18.9. The molecular formula is C20H33N. The van der Waals surface area contributed by atoms with Crippen molar-refractivity contribution in [2.75, 3.05) is 0 Å². The van der Waals surface area contributed by atoms with Crippen molar-refractivity contribution in [1.29, 1.82) is 5.26 Å². The minimum atomic E-state index is -0.133. The van der Waals surface area contributed by atoms with Gasteiger partial charge in [-0.3, -0.25) is 0 Å². The molecule has 118 valence electrons. The van der Waals surface area contributed by atoms with Crippen molar-refractivity contribution in [2.24, 2.45) is 23.2 Å². The van der Waals surface area contributed by atoms with Gasteiger partial charge in [0.15, 0.2) is 0 Å². The minimum Gasteiger partial charge on any atom is -0.197 e. The van der Waals surface area contributed by atoms with Gasteiger partial charge >= 0.3 is 0 Å². The van der Waals surface area contributed by atoms with E-state index in [1.165, 1.54) is 51.4 Å². The van der Waals surface area contributed by atoms with Gasteiger partial charge in [0.25, 0.3) is 0 Å². The Hall–Kier alpha value is -0.770. The van der Waals surface area contributed by atoms with E-state index >= 15 is 0 Å². The fourth-order valence-corrected chi connectivity index (χ4v) is 4.64. The molecule has 21 heavy (non-hydrogen) atoms. The molecule has 0 aromatic heterocycles. The van der Waals surface area contributed by atoms with Gasteiger partial charge in [0.2, 0.25) is 0 Å². The summed E-state index contributed by atoms with van der Waals surface area (Å²) in [6.45, 7) is 4.47. The zero-order chi connectivity index (χ0) is 15.1. The van der Waals surface area contributed by atoms with E-state index in [2.05, 4.69) is 32.1 Å². The Labute approximate surface area is 131 Å². The van der Waals surface area contributed by atoms with E-state index in [1.54, 1.807) is 0 Å². The van der Waals surface area contributed by atoms with Crippen molar-refractivity contribution < 1.29 is 0 Å². The number of allylic oxidation sites excluding steroid dienone is 2. The molecule has 0 aromatic rings. The number of nitrogens with zero attached hydrogens (tertiary/aromatic N) is 1. The fraction of sp³-hybridized carbons (Fsp3) is 0.850. The van der Waals surface area contributed by atoms with Crippen LogP contribution >= 0.6 is 0 Å². The first-order chi connectivity index (χ1) is 10.2. The third kappa shape index (κ3) is 4.35. The highest BCUT2D eigenvalue weighted by molar-refractivity contribution is 5.14. The molecule has 1 nitrogen and oxygen atoms in total. The number of hydrogen-bond donors (Lipinski definition) is 0. The Balaban J connectivity index is 1.82. The Morgan fingerprint density at radius 2 is 1.62 bits per heavy atom. The molecule has 1 heteroatoms. The van der Waals surface area contributed by atoms with Crippen LogP contribution in [0.5, 0.6) is 0 Å². The van der Waals surface area contributed by atoms with Gasteiger partial charge in [0.1, 0.15) is 0 Å². The van der Waals surface area contributed by atoms with Crippen molar-refractivity contribution in [3.63, 3.8) is 0 Å². The van der Waals surface area contributed by atoms with Gasteiger partial charge in [-0.25, -0.2) is 0 Å². The van der Waals surface area contributed by atoms with E-state index < -0.39 is 0 Å². The molecule has 2 aliphatic rings. The molecule has 0 radical (unpaired) electrons. The van der Waals surface area contributed by atoms with E-state index in [0.717, 1.165) is 37.0 Å². The highest BCUT2D eigenvalue weighted by Crippen LogP contribution is 2.46. The first-order valence-electron chi connectivity index (χ1n) is 9.32. The summed E-state index contributed by atoms with van der Waals surface area (Å²) in [6, 6.07) is 2.61. The summed E-state index contributed by atoms with van der Waals surface area (Å²) >= 11 is 0. The molecule has 0 aromatic carbocycles. The number of rotatable bonds is 5. The fourth-order valence-electron chi connectivity index (χ4n) is 4.64. The van der Waals surface area contributed by atoms with Crippen LogP contribution in [0, 0.1) is 34.5 Å². The van der Waals surface area contributed by atoms with Crippen molar-refractivity contribution >= 4 is 0 Å². The van der Waals surface area contributed by atoms with Crippen LogP contribution in [-0.2, 0) is 0 Å². The van der Waals surface area contributed by atoms with E-state index in [4.69, 9.17) is 0 Å². The number of nitriles is 1. The Morgan fingerprint density at radius 1 is 1.00 bits per heavy atom. The molecule has 2 saturated carbocycles. The van der Waals surface area contributed by atoms with Crippen molar-refractivity contribution in [2.45, 2.75) is 84.5 Å². The second kappa shape index (κ2) is 8.02. The molecule has 2 fully saturated rings. The zero-order valence-corrected chi connectivity index (χ0v) is 14.1. The lowest BCUT2D eigenvalue weighted by molar-refractivity contribution is 0.137. The van der Waals surface area contributed by atoms with Crippen LogP contribution in [-0.4, -0.2) is 0 Å². The summed E-state index contributed by atoms with van der Waals surface area (Å²) in [5.74, 6) is 2.88. The van der Waals surface area contributed by atoms with Crippen LogP contribution in [0.25, 0.3) is 0 Å². The first-order valence-corrected chi connectivity index (χ1v) is 9.32. The van der Waals surface area contributed by atoms with Gasteiger partial charge in [-0.05, 0) is 62.7 Å². The molecule has 2 rings (SSSR count). The largest absolute Gasteiger partial charge is 0.197 e. The third-order valence-electron chi connectivity index (χ3n) is 6.07. The highest BCUT2D eigenvalue weighted by atomic mass is 14.4. The molecule has 0 amide bonds. The van der Waals surface area contributed by atoms with Crippen LogP contribution in [0.15, 0.2) is 12.2 Å². The lowest BCUT2D eigenvalue weighted by atomic mass is 9.64. The van der Waals surface area contributed by atoms with Crippen LogP contribution < -0.4 is 0 Å². The maximum absolute atomic E-state index is 9.56. The van der Waals surface area contributed by atoms with E-state index in [9.17, 15) is 5.26 Å². The Kier molecular flexibility index (Phi) is 6.34. The smallest absolute Gasteiger partial charge is 0.0753 e. The highest BCUT2D eigenvalue weighted by Gasteiger charge is 2.36. The summed E-state index contributed by atoms with van der Waals surface area (Å²) in [5, 5.41) is 9.56. The Morgan fingerprint density at radius 3 is 2.14 bits per heavy atom. The van der Waals surface area contributed by atoms with E-state index in [1.807, 2.05) is 0 Å². The molecule has 0 atom stereocenters. The maximum atomic E-state index is 9.56. The molecule has 0 bridgehead atoms. The second-order valence-corrected chi connectivity index (χ2v) is 7.49. The van der Waals surface area contributed by atoms with Gasteiger partial charge < -0.3 is 0 Å². The molecule has 0 heterocycles. The topological polar surface area (TPSA) is 23.8 Å². The SMILES string of the molecule is CC/C=C\C1(C#N)CCC(C2CCC(CCC)CC2)CC1. The minimum absolute atomic E-state index is 0.133. The molecule has 0 unspecified atom stereocenters. The van der Waals surface area contributed by atoms with Crippen LogP contribution in [0.2, 0.25) is 0 Å². The zero-order valence-electron chi connectivity index (χ0n) is 14.1. The summed E-state index contributed by atoms with van der Waals surface area (Å²) < 4.78 is 0. The average Bonchev–Trinajstić information content (AvgIpc) is 2.55. The van der Waals surface area contributed by atoms with E-state index in [0.29, 0.717) is 0 Å². The van der Waals surface area contributed by atoms with Crippen LogP contribution in [0.1, 0.15) is 84.5 Å². The van der Waals surface area contributed by atoms with Crippen molar-refractivity contribution in [1.82, 2.24) is 0 Å². The van der Waals surface area contributed by atoms with Gasteiger partial charge in [-0.15, -0.1) is 0 Å². The average molecular weight is 287 g/mol. The standard InChI is InChI=1S/C20H33N/c1-3-5-13-20(16-21)14-11-19(12-15-20)18-9-7-17(6-4-2)8-10-18/h5,13,17-19H,3-4,6-12,14-15H2,1-2H3/b13-5-. The molecule has 0 saturated heterocycles. The van der Waals surface area contributed by atoms with Gasteiger partial charge in [-0.2, -0.15) is 5.26 Å². The maximum Gasteiger partial charge on any atom is 0.0753 e. The Bertz CT molecular complexity index is 360. The summed E-state index contributed by atoms with van der Waals surface area (Å²) in [7, 11) is 0. The van der Waals surface area contributed by atoms with Crippen molar-refractivity contribution in [3.8, 4) is 6.07 Å². The van der Waals surface area contributed by atoms with Crippen LogP contribution in [0.4, 0.5) is 0 Å². The molecule has 0 N–H and O–H groups in total. The van der Waals surface area contributed by atoms with Crippen molar-refractivity contribution in [3.05, 3.63) is 12.2 Å². The van der Waals surface area contributed by atoms with Crippen LogP contribution in [0.3, 0.4) is 0 Å². The van der Waals surface area contributed by atoms with E-state index in [-0.39, 0.29) is 5.41 Å². The van der Waals surface area contributed by atoms with Gasteiger partial charge in [0.05, 0.1) is 11.5 Å². The predicted molar refractivity (Wildman–Crippen MR) is 89.8 cm³/mol. The number of hydrogen-bond acceptors (Lipinski definition) is 1. The predicted octanol–water partition coefficient (Wildman–Crippen LogP) is 6.26. The first kappa shape index (κ1) is 16.6. The monoisotopic (exact) mass is 287 g/mol. The second-order valence-electron chi connectivity index (χ2n) is 7.49. The summed E-state index contributed by atoms with van der Waals surface area (Å²) in [5.41, 5.74) is -0.133. The molecule has 0 spiro atoms. The molecule has 2 aliphatic carbocycles. The van der Waals surface area contributed by atoms with Gasteiger partial charge in [0, 0.05) is 0 Å².